The highest BCUT2D eigenvalue weighted by molar-refractivity contribution is 6.89. The second-order valence-electron chi connectivity index (χ2n) is 7.55. The van der Waals surface area contributed by atoms with E-state index in [9.17, 15) is 0 Å². The van der Waals surface area contributed by atoms with E-state index >= 15 is 0 Å². The Labute approximate surface area is 141 Å². The molecule has 0 saturated carbocycles. The third-order valence-electron chi connectivity index (χ3n) is 3.60. The van der Waals surface area contributed by atoms with Crippen LogP contribution in [0.5, 0.6) is 0 Å². The van der Waals surface area contributed by atoms with Crippen LogP contribution >= 0.6 is 0 Å². The summed E-state index contributed by atoms with van der Waals surface area (Å²) >= 11 is 0. The second-order valence-corrected chi connectivity index (χ2v) is 19.0. The van der Waals surface area contributed by atoms with Crippen LogP contribution in [0.4, 0.5) is 0 Å². The van der Waals surface area contributed by atoms with Crippen LogP contribution in [0.15, 0.2) is 30.8 Å². The molecule has 1 aromatic rings. The van der Waals surface area contributed by atoms with Crippen molar-refractivity contribution in [1.29, 1.82) is 0 Å². The molecular formula is C17H31NOSi3. The fourth-order valence-corrected chi connectivity index (χ4v) is 13.2. The van der Waals surface area contributed by atoms with Crippen LogP contribution in [0.1, 0.15) is 5.56 Å². The van der Waals surface area contributed by atoms with Gasteiger partial charge in [0.05, 0.1) is 6.61 Å². The highest BCUT2D eigenvalue weighted by Gasteiger charge is 2.33. The summed E-state index contributed by atoms with van der Waals surface area (Å²) in [5.74, 6) is 0. The van der Waals surface area contributed by atoms with Crippen molar-refractivity contribution in [2.45, 2.75) is 39.3 Å². The van der Waals surface area contributed by atoms with E-state index in [1.807, 2.05) is 6.08 Å². The van der Waals surface area contributed by atoms with Crippen LogP contribution < -0.4 is 5.19 Å². The summed E-state index contributed by atoms with van der Waals surface area (Å²) in [5, 5.41) is 1.36. The predicted octanol–water partition coefficient (Wildman–Crippen LogP) is 3.61. The van der Waals surface area contributed by atoms with E-state index in [-0.39, 0.29) is 0 Å². The summed E-state index contributed by atoms with van der Waals surface area (Å²) in [6, 6.07) is 8.59. The van der Waals surface area contributed by atoms with Crippen molar-refractivity contribution in [2.24, 2.45) is 0 Å². The molecule has 0 heterocycles. The maximum Gasteiger partial charge on any atom is 0.114 e. The van der Waals surface area contributed by atoms with Crippen molar-refractivity contribution in [3.63, 3.8) is 0 Å². The minimum Gasteiger partial charge on any atom is -0.384 e. The lowest BCUT2D eigenvalue weighted by Crippen LogP contribution is -2.60. The fraction of sp³-hybridized carbons (Fsp3) is 0.529. The van der Waals surface area contributed by atoms with Gasteiger partial charge in [-0.15, -0.1) is 0 Å². The maximum atomic E-state index is 5.91. The quantitative estimate of drug-likeness (QED) is 0.499. The molecule has 0 aliphatic carbocycles. The molecule has 0 atom stereocenters. The van der Waals surface area contributed by atoms with Gasteiger partial charge in [0.25, 0.3) is 0 Å². The Balaban J connectivity index is 2.35. The normalized spacial score (nSPS) is 12.7. The van der Waals surface area contributed by atoms with Gasteiger partial charge in [-0.25, -0.2) is 0 Å². The number of nitrogens with zero attached hydrogens (tertiary/aromatic N) is 1. The smallest absolute Gasteiger partial charge is 0.114 e. The SMILES string of the molecule is C=Cc1ccc([Si]COCCN([Si](C)(C)C)[Si](C)(C)C)cc1. The monoisotopic (exact) mass is 349 g/mol. The number of hydrogen-bond acceptors (Lipinski definition) is 2. The lowest BCUT2D eigenvalue weighted by atomic mass is 10.2. The van der Waals surface area contributed by atoms with Gasteiger partial charge in [-0.3, -0.25) is 0 Å². The van der Waals surface area contributed by atoms with E-state index in [0.29, 0.717) is 0 Å². The molecule has 2 nitrogen and oxygen atoms in total. The lowest BCUT2D eigenvalue weighted by molar-refractivity contribution is 0.171. The predicted molar refractivity (Wildman–Crippen MR) is 106 cm³/mol. The summed E-state index contributed by atoms with van der Waals surface area (Å²) in [6.45, 7) is 20.4. The average Bonchev–Trinajstić information content (AvgIpc) is 2.40. The van der Waals surface area contributed by atoms with E-state index in [0.717, 1.165) is 28.9 Å². The Morgan fingerprint density at radius 1 is 1.05 bits per heavy atom. The second kappa shape index (κ2) is 8.40. The number of ether oxygens (including phenoxy) is 1. The first-order valence-corrected chi connectivity index (χ1v) is 16.1. The molecular weight excluding hydrogens is 318 g/mol. The van der Waals surface area contributed by atoms with Crippen molar-refractivity contribution in [3.05, 3.63) is 36.4 Å². The number of hydrogen-bond donors (Lipinski definition) is 0. The molecule has 0 bridgehead atoms. The van der Waals surface area contributed by atoms with Crippen LogP contribution in [-0.2, 0) is 4.74 Å². The van der Waals surface area contributed by atoms with Crippen molar-refractivity contribution in [3.8, 4) is 0 Å². The van der Waals surface area contributed by atoms with Gasteiger partial charge in [0.15, 0.2) is 0 Å². The Bertz CT molecular complexity index is 446. The van der Waals surface area contributed by atoms with Gasteiger partial charge in [0.2, 0.25) is 0 Å². The van der Waals surface area contributed by atoms with Gasteiger partial charge in [0.1, 0.15) is 26.0 Å². The molecule has 0 aliphatic heterocycles. The highest BCUT2D eigenvalue weighted by atomic mass is 28.4. The Morgan fingerprint density at radius 2 is 1.59 bits per heavy atom. The zero-order valence-electron chi connectivity index (χ0n) is 15.1. The Morgan fingerprint density at radius 3 is 2.05 bits per heavy atom. The first kappa shape index (κ1) is 19.6. The molecule has 0 N–H and O–H groups in total. The zero-order chi connectivity index (χ0) is 16.8. The third kappa shape index (κ3) is 6.75. The first-order chi connectivity index (χ1) is 10.1. The molecule has 0 amide bonds. The minimum atomic E-state index is -1.25. The third-order valence-corrected chi connectivity index (χ3v) is 12.4. The van der Waals surface area contributed by atoms with E-state index in [2.05, 4.69) is 74.4 Å². The standard InChI is InChI=1S/C17H31NOSi3/c1-8-16-9-11-17(12-10-16)20-15-19-14-13-18(21(2,3)4)22(5,6)7/h8-12H,1,13-15H2,2-7H3. The molecule has 22 heavy (non-hydrogen) atoms. The fourth-order valence-electron chi connectivity index (χ4n) is 2.78. The Kier molecular flexibility index (Phi) is 7.48. The number of rotatable bonds is 9. The molecule has 1 aromatic carbocycles. The minimum absolute atomic E-state index is 0.727. The zero-order valence-corrected chi connectivity index (χ0v) is 18.1. The van der Waals surface area contributed by atoms with Crippen LogP contribution in [-0.4, -0.2) is 49.6 Å². The first-order valence-electron chi connectivity index (χ1n) is 7.96. The highest BCUT2D eigenvalue weighted by Crippen LogP contribution is 2.18. The summed E-state index contributed by atoms with van der Waals surface area (Å²) in [5.41, 5.74) is 1.18. The van der Waals surface area contributed by atoms with Gasteiger partial charge in [0, 0.05) is 12.8 Å². The van der Waals surface area contributed by atoms with Gasteiger partial charge in [-0.05, 0) is 5.56 Å². The van der Waals surface area contributed by atoms with Crippen LogP contribution in [0, 0.1) is 0 Å². The molecule has 2 radical (unpaired) electrons. The Hall–Kier alpha value is -0.469. The molecule has 0 fully saturated rings. The number of benzene rings is 1. The molecule has 0 aromatic heterocycles. The molecule has 1 rings (SSSR count). The molecule has 0 saturated heterocycles. The summed E-state index contributed by atoms with van der Waals surface area (Å²) in [6.07, 6.45) is 2.71. The summed E-state index contributed by atoms with van der Waals surface area (Å²) in [7, 11) is -1.77. The molecule has 0 aliphatic rings. The van der Waals surface area contributed by atoms with Crippen molar-refractivity contribution < 1.29 is 4.74 Å². The van der Waals surface area contributed by atoms with Gasteiger partial charge >= 0.3 is 0 Å². The largest absolute Gasteiger partial charge is 0.384 e. The molecule has 122 valence electrons. The van der Waals surface area contributed by atoms with Gasteiger partial charge in [-0.2, -0.15) is 0 Å². The van der Waals surface area contributed by atoms with E-state index in [1.54, 1.807) is 0 Å². The van der Waals surface area contributed by atoms with E-state index in [1.165, 1.54) is 10.8 Å². The van der Waals surface area contributed by atoms with E-state index < -0.39 is 16.5 Å². The van der Waals surface area contributed by atoms with Gasteiger partial charge < -0.3 is 8.97 Å². The summed E-state index contributed by atoms with van der Waals surface area (Å²) in [4.78, 5) is 0. The van der Waals surface area contributed by atoms with Crippen LogP contribution in [0.2, 0.25) is 39.3 Å². The molecule has 0 unspecified atom stereocenters. The van der Waals surface area contributed by atoms with Crippen LogP contribution in [0.3, 0.4) is 0 Å². The average molecular weight is 350 g/mol. The van der Waals surface area contributed by atoms with Crippen LogP contribution in [0.25, 0.3) is 6.08 Å². The van der Waals surface area contributed by atoms with E-state index in [4.69, 9.17) is 4.74 Å². The topological polar surface area (TPSA) is 12.5 Å². The van der Waals surface area contributed by atoms with Crippen molar-refractivity contribution >= 4 is 37.3 Å². The lowest BCUT2D eigenvalue weighted by Gasteiger charge is -2.43. The summed E-state index contributed by atoms with van der Waals surface area (Å²) < 4.78 is 8.69. The molecule has 0 spiro atoms. The van der Waals surface area contributed by atoms with Crippen molar-refractivity contribution in [2.75, 3.05) is 19.4 Å². The maximum absolute atomic E-state index is 5.91. The van der Waals surface area contributed by atoms with Crippen molar-refractivity contribution in [1.82, 2.24) is 4.23 Å². The van der Waals surface area contributed by atoms with Gasteiger partial charge in [-0.1, -0.05) is 81.4 Å². The molecule has 5 heteroatoms.